The minimum atomic E-state index is -4.73. The van der Waals surface area contributed by atoms with Gasteiger partial charge in [-0.25, -0.2) is 9.37 Å². The summed E-state index contributed by atoms with van der Waals surface area (Å²) in [6.45, 7) is 9.05. The van der Waals surface area contributed by atoms with E-state index in [1.807, 2.05) is 6.92 Å². The third kappa shape index (κ3) is 7.07. The number of hydrogen-bond donors (Lipinski definition) is 2. The van der Waals surface area contributed by atoms with Crippen molar-refractivity contribution in [1.82, 2.24) is 10.3 Å². The molecule has 10 heteroatoms. The summed E-state index contributed by atoms with van der Waals surface area (Å²) in [4.78, 5) is 17.3. The topological polar surface area (TPSA) is 71.5 Å². The van der Waals surface area contributed by atoms with Gasteiger partial charge in [-0.1, -0.05) is 24.6 Å². The minimum absolute atomic E-state index is 0.0122. The number of pyridine rings is 1. The summed E-state index contributed by atoms with van der Waals surface area (Å²) in [7, 11) is 0. The number of aliphatic hydroxyl groups is 1. The SMILES string of the molecule is C/C=C\C(NC(=O)c1cc(F)c(-c2ccc(Cl)c(C(C)(C)O)n2)cc1O[C@@H](C)C(F)(F)F)=C(\C)CC. The average Bonchev–Trinajstić information content (AvgIpc) is 2.78. The minimum Gasteiger partial charge on any atom is -0.480 e. The molecular formula is C26H29ClF4N2O3. The normalized spacial score (nSPS) is 14.0. The molecule has 1 heterocycles. The summed E-state index contributed by atoms with van der Waals surface area (Å²) in [5.74, 6) is -2.25. The van der Waals surface area contributed by atoms with Gasteiger partial charge in [0.05, 0.1) is 22.0 Å². The van der Waals surface area contributed by atoms with Gasteiger partial charge < -0.3 is 15.2 Å². The van der Waals surface area contributed by atoms with Crippen molar-refractivity contribution in [1.29, 1.82) is 0 Å². The van der Waals surface area contributed by atoms with Crippen molar-refractivity contribution in [2.75, 3.05) is 0 Å². The van der Waals surface area contributed by atoms with E-state index in [-0.39, 0.29) is 22.0 Å². The molecule has 5 nitrogen and oxygen atoms in total. The number of nitrogens with zero attached hydrogens (tertiary/aromatic N) is 1. The summed E-state index contributed by atoms with van der Waals surface area (Å²) < 4.78 is 60.2. The third-order valence-corrected chi connectivity index (χ3v) is 5.66. The highest BCUT2D eigenvalue weighted by molar-refractivity contribution is 6.31. The van der Waals surface area contributed by atoms with Gasteiger partial charge in [0, 0.05) is 11.3 Å². The first-order valence-electron chi connectivity index (χ1n) is 11.2. The molecule has 0 unspecified atom stereocenters. The second kappa shape index (κ2) is 11.4. The molecule has 1 aromatic heterocycles. The quantitative estimate of drug-likeness (QED) is 0.283. The van der Waals surface area contributed by atoms with Crippen LogP contribution in [0.5, 0.6) is 5.75 Å². The molecule has 0 radical (unpaired) electrons. The van der Waals surface area contributed by atoms with Crippen molar-refractivity contribution in [3.8, 4) is 17.0 Å². The van der Waals surface area contributed by atoms with Crippen molar-refractivity contribution in [2.24, 2.45) is 0 Å². The van der Waals surface area contributed by atoms with Crippen LogP contribution in [0.2, 0.25) is 5.02 Å². The molecule has 0 aliphatic heterocycles. The Morgan fingerprint density at radius 2 is 1.92 bits per heavy atom. The average molecular weight is 529 g/mol. The number of carbonyl (C=O) groups excluding carboxylic acids is 1. The summed E-state index contributed by atoms with van der Waals surface area (Å²) in [6.07, 6.45) is -3.09. The molecule has 2 aromatic rings. The maximum atomic E-state index is 15.3. The van der Waals surface area contributed by atoms with E-state index in [2.05, 4.69) is 10.3 Å². The molecule has 1 atom stereocenters. The lowest BCUT2D eigenvalue weighted by Gasteiger charge is -2.22. The van der Waals surface area contributed by atoms with Gasteiger partial charge in [0.1, 0.15) is 17.2 Å². The Labute approximate surface area is 212 Å². The summed E-state index contributed by atoms with van der Waals surface area (Å²) in [6, 6.07) is 4.53. The molecule has 1 aromatic carbocycles. The van der Waals surface area contributed by atoms with Crippen LogP contribution in [0, 0.1) is 5.82 Å². The Morgan fingerprint density at radius 1 is 1.28 bits per heavy atom. The molecule has 1 amide bonds. The molecule has 36 heavy (non-hydrogen) atoms. The zero-order valence-corrected chi connectivity index (χ0v) is 21.6. The molecule has 0 spiro atoms. The lowest BCUT2D eigenvalue weighted by Crippen LogP contribution is -2.32. The number of rotatable bonds is 8. The number of alkyl halides is 3. The maximum Gasteiger partial charge on any atom is 0.425 e. The van der Waals surface area contributed by atoms with E-state index in [1.165, 1.54) is 26.0 Å². The first kappa shape index (κ1) is 29.3. The highest BCUT2D eigenvalue weighted by atomic mass is 35.5. The van der Waals surface area contributed by atoms with Crippen LogP contribution in [0.3, 0.4) is 0 Å². The molecular weight excluding hydrogens is 500 g/mol. The number of amides is 1. The van der Waals surface area contributed by atoms with Gasteiger partial charge in [0.15, 0.2) is 6.10 Å². The zero-order valence-electron chi connectivity index (χ0n) is 20.8. The lowest BCUT2D eigenvalue weighted by molar-refractivity contribution is -0.189. The molecule has 0 aliphatic rings. The number of ether oxygens (including phenoxy) is 1. The van der Waals surface area contributed by atoms with Gasteiger partial charge in [-0.05, 0) is 77.0 Å². The molecule has 196 valence electrons. The summed E-state index contributed by atoms with van der Waals surface area (Å²) in [5, 5.41) is 13.1. The van der Waals surface area contributed by atoms with Crippen molar-refractivity contribution in [2.45, 2.75) is 65.8 Å². The van der Waals surface area contributed by atoms with Gasteiger partial charge in [-0.15, -0.1) is 0 Å². The summed E-state index contributed by atoms with van der Waals surface area (Å²) in [5.41, 5.74) is -0.832. The predicted molar refractivity (Wildman–Crippen MR) is 131 cm³/mol. The Morgan fingerprint density at radius 3 is 2.44 bits per heavy atom. The van der Waals surface area contributed by atoms with Crippen LogP contribution in [0.4, 0.5) is 17.6 Å². The number of carbonyl (C=O) groups is 1. The van der Waals surface area contributed by atoms with E-state index in [0.717, 1.165) is 24.6 Å². The Bertz CT molecular complexity index is 1180. The largest absolute Gasteiger partial charge is 0.480 e. The Balaban J connectivity index is 2.69. The number of hydrogen-bond acceptors (Lipinski definition) is 4. The lowest BCUT2D eigenvalue weighted by atomic mass is 10.0. The van der Waals surface area contributed by atoms with E-state index in [0.29, 0.717) is 12.1 Å². The monoisotopic (exact) mass is 528 g/mol. The van der Waals surface area contributed by atoms with Gasteiger partial charge in [-0.3, -0.25) is 4.79 Å². The Kier molecular flexibility index (Phi) is 9.31. The first-order chi connectivity index (χ1) is 16.6. The number of halogens is 5. The zero-order chi connectivity index (χ0) is 27.4. The second-order valence-corrected chi connectivity index (χ2v) is 9.12. The van der Waals surface area contributed by atoms with E-state index in [4.69, 9.17) is 16.3 Å². The van der Waals surface area contributed by atoms with Crippen molar-refractivity contribution >= 4 is 17.5 Å². The van der Waals surface area contributed by atoms with E-state index in [9.17, 15) is 23.1 Å². The third-order valence-electron chi connectivity index (χ3n) is 5.35. The van der Waals surface area contributed by atoms with Crippen LogP contribution < -0.4 is 10.1 Å². The van der Waals surface area contributed by atoms with Crippen molar-refractivity contribution < 1.29 is 32.2 Å². The van der Waals surface area contributed by atoms with Crippen LogP contribution in [0.25, 0.3) is 11.3 Å². The molecule has 0 fully saturated rings. The number of nitrogens with one attached hydrogen (secondary N) is 1. The molecule has 2 N–H and O–H groups in total. The molecule has 0 saturated heterocycles. The number of benzene rings is 1. The van der Waals surface area contributed by atoms with Crippen LogP contribution in [0.15, 0.2) is 47.7 Å². The number of aromatic nitrogens is 1. The van der Waals surface area contributed by atoms with Crippen LogP contribution in [-0.4, -0.2) is 28.3 Å². The van der Waals surface area contributed by atoms with Crippen molar-refractivity contribution in [3.05, 3.63) is 69.8 Å². The van der Waals surface area contributed by atoms with Gasteiger partial charge in [0.25, 0.3) is 5.91 Å². The van der Waals surface area contributed by atoms with E-state index in [1.54, 1.807) is 26.0 Å². The highest BCUT2D eigenvalue weighted by Crippen LogP contribution is 2.35. The van der Waals surface area contributed by atoms with Crippen LogP contribution in [-0.2, 0) is 5.60 Å². The van der Waals surface area contributed by atoms with E-state index < -0.39 is 40.9 Å². The fraction of sp³-hybridized carbons (Fsp3) is 0.385. The van der Waals surface area contributed by atoms with Gasteiger partial charge >= 0.3 is 6.18 Å². The fourth-order valence-electron chi connectivity index (χ4n) is 3.14. The molecule has 0 bridgehead atoms. The fourth-order valence-corrected chi connectivity index (χ4v) is 3.48. The van der Waals surface area contributed by atoms with Gasteiger partial charge in [-0.2, -0.15) is 13.2 Å². The Hall–Kier alpha value is -2.91. The van der Waals surface area contributed by atoms with Gasteiger partial charge in [0.2, 0.25) is 0 Å². The summed E-state index contributed by atoms with van der Waals surface area (Å²) >= 11 is 6.11. The highest BCUT2D eigenvalue weighted by Gasteiger charge is 2.39. The van der Waals surface area contributed by atoms with E-state index >= 15 is 4.39 Å². The van der Waals surface area contributed by atoms with Crippen LogP contribution >= 0.6 is 11.6 Å². The number of allylic oxidation sites excluding steroid dienone is 3. The molecule has 0 aliphatic carbocycles. The predicted octanol–water partition coefficient (Wildman–Crippen LogP) is 7.09. The van der Waals surface area contributed by atoms with Crippen molar-refractivity contribution in [3.63, 3.8) is 0 Å². The first-order valence-corrected chi connectivity index (χ1v) is 11.6. The molecule has 0 saturated carbocycles. The molecule has 2 rings (SSSR count). The second-order valence-electron chi connectivity index (χ2n) is 8.72. The standard InChI is InChI=1S/C26H29ClF4N2O3/c1-7-9-20(14(3)8-2)33-24(34)17-12-19(28)16(13-22(17)36-15(4)26(29,30)31)21-11-10-18(27)23(32-21)25(5,6)35/h7,9-13,15,35H,8H2,1-6H3,(H,33,34)/b9-7-,20-14+/t15-/m0/s1. The maximum absolute atomic E-state index is 15.3. The smallest absolute Gasteiger partial charge is 0.425 e. The van der Waals surface area contributed by atoms with Crippen LogP contribution in [0.1, 0.15) is 64.0 Å².